The van der Waals surface area contributed by atoms with Crippen molar-refractivity contribution >= 4 is 17.6 Å². The van der Waals surface area contributed by atoms with E-state index in [0.717, 1.165) is 5.56 Å². The van der Waals surface area contributed by atoms with E-state index in [1.165, 1.54) is 7.11 Å². The maximum atomic E-state index is 11.9. The van der Waals surface area contributed by atoms with Crippen LogP contribution in [0.15, 0.2) is 48.6 Å². The third kappa shape index (κ3) is 2.94. The van der Waals surface area contributed by atoms with Gasteiger partial charge >= 0.3 is 5.97 Å². The molecule has 1 aromatic rings. The number of ether oxygens (including phenoxy) is 2. The minimum Gasteiger partial charge on any atom is -0.465 e. The van der Waals surface area contributed by atoms with Gasteiger partial charge in [0, 0.05) is 17.9 Å². The Morgan fingerprint density at radius 1 is 1.35 bits per heavy atom. The van der Waals surface area contributed by atoms with E-state index in [-0.39, 0.29) is 5.97 Å². The van der Waals surface area contributed by atoms with Gasteiger partial charge in [0.05, 0.1) is 19.3 Å². The van der Waals surface area contributed by atoms with Crippen LogP contribution in [0.1, 0.15) is 22.3 Å². The number of hydrogen-bond donors (Lipinski definition) is 0. The minimum absolute atomic E-state index is 0.364. The van der Waals surface area contributed by atoms with Gasteiger partial charge in [-0.3, -0.25) is 0 Å². The van der Waals surface area contributed by atoms with Crippen molar-refractivity contribution in [3.63, 3.8) is 0 Å². The van der Waals surface area contributed by atoms with Crippen molar-refractivity contribution in [3.05, 3.63) is 59.7 Å². The van der Waals surface area contributed by atoms with Crippen LogP contribution in [0.25, 0.3) is 0 Å². The molecule has 0 radical (unpaired) electrons. The average Bonchev–Trinajstić information content (AvgIpc) is 2.53. The molecule has 0 N–H and O–H groups in total. The number of benzene rings is 1. The molecule has 0 heterocycles. The molecule has 1 unspecified atom stereocenters. The molecule has 3 nitrogen and oxygen atoms in total. The van der Waals surface area contributed by atoms with E-state index in [9.17, 15) is 4.79 Å². The van der Waals surface area contributed by atoms with Crippen LogP contribution < -0.4 is 0 Å². The highest BCUT2D eigenvalue weighted by molar-refractivity contribution is 6.17. The van der Waals surface area contributed by atoms with E-state index in [1.807, 2.05) is 42.5 Å². The highest BCUT2D eigenvalue weighted by Gasteiger charge is 2.34. The van der Waals surface area contributed by atoms with Crippen LogP contribution in [0.3, 0.4) is 0 Å². The summed E-state index contributed by atoms with van der Waals surface area (Å²) in [6, 6.07) is 7.34. The number of halogens is 1. The Kier molecular flexibility index (Phi) is 4.99. The molecule has 1 aliphatic rings. The molecule has 0 amide bonds. The molecular weight excluding hydrogens is 276 g/mol. The van der Waals surface area contributed by atoms with Crippen molar-refractivity contribution in [2.24, 2.45) is 0 Å². The van der Waals surface area contributed by atoms with E-state index in [4.69, 9.17) is 21.1 Å². The second-order valence-corrected chi connectivity index (χ2v) is 4.83. The lowest BCUT2D eigenvalue weighted by molar-refractivity contribution is -0.00338. The third-order valence-corrected chi connectivity index (χ3v) is 3.41. The zero-order chi connectivity index (χ0) is 14.4. The summed E-state index contributed by atoms with van der Waals surface area (Å²) in [6.07, 6.45) is 8.52. The average molecular weight is 293 g/mol. The fraction of sp³-hybridized carbons (Fsp3) is 0.312. The largest absolute Gasteiger partial charge is 0.465 e. The first-order valence-corrected chi connectivity index (χ1v) is 6.99. The predicted octanol–water partition coefficient (Wildman–Crippen LogP) is 3.44. The van der Waals surface area contributed by atoms with E-state index in [0.29, 0.717) is 24.5 Å². The first-order valence-electron chi connectivity index (χ1n) is 6.45. The number of allylic oxidation sites excluding steroid dienone is 2. The quantitative estimate of drug-likeness (QED) is 0.616. The molecule has 0 aromatic heterocycles. The molecule has 4 heteroatoms. The molecule has 1 aliphatic carbocycles. The number of carbonyl (C=O) groups excluding carboxylic acids is 1. The molecule has 1 aromatic carbocycles. The molecule has 1 atom stereocenters. The van der Waals surface area contributed by atoms with E-state index < -0.39 is 5.60 Å². The topological polar surface area (TPSA) is 35.5 Å². The second-order valence-electron chi connectivity index (χ2n) is 4.46. The van der Waals surface area contributed by atoms with Crippen LogP contribution in [0.5, 0.6) is 0 Å². The molecule has 0 saturated heterocycles. The van der Waals surface area contributed by atoms with Crippen molar-refractivity contribution in [2.75, 3.05) is 19.6 Å². The molecule has 0 fully saturated rings. The van der Waals surface area contributed by atoms with Crippen molar-refractivity contribution in [1.82, 2.24) is 0 Å². The van der Waals surface area contributed by atoms with Crippen molar-refractivity contribution in [1.29, 1.82) is 0 Å². The third-order valence-electron chi connectivity index (χ3n) is 3.26. The lowest BCUT2D eigenvalue weighted by atomic mass is 9.84. The molecule has 106 valence electrons. The Bertz CT molecular complexity index is 536. The lowest BCUT2D eigenvalue weighted by Gasteiger charge is -2.33. The van der Waals surface area contributed by atoms with E-state index >= 15 is 0 Å². The van der Waals surface area contributed by atoms with Crippen LogP contribution in [-0.4, -0.2) is 25.6 Å². The second kappa shape index (κ2) is 6.73. The summed E-state index contributed by atoms with van der Waals surface area (Å²) in [5.41, 5.74) is 0.663. The number of esters is 1. The summed E-state index contributed by atoms with van der Waals surface area (Å²) in [7, 11) is 1.38. The number of methoxy groups -OCH3 is 1. The molecule has 0 bridgehead atoms. The Morgan fingerprint density at radius 2 is 2.15 bits per heavy atom. The maximum Gasteiger partial charge on any atom is 0.338 e. The Morgan fingerprint density at radius 3 is 2.80 bits per heavy atom. The van der Waals surface area contributed by atoms with Gasteiger partial charge in [-0.1, -0.05) is 36.4 Å². The fourth-order valence-corrected chi connectivity index (χ4v) is 2.42. The number of carbonyl (C=O) groups is 1. The number of hydrogen-bond acceptors (Lipinski definition) is 3. The maximum absolute atomic E-state index is 11.9. The van der Waals surface area contributed by atoms with Gasteiger partial charge in [0.1, 0.15) is 5.60 Å². The van der Waals surface area contributed by atoms with E-state index in [1.54, 1.807) is 6.07 Å². The van der Waals surface area contributed by atoms with Gasteiger partial charge in [-0.25, -0.2) is 4.79 Å². The van der Waals surface area contributed by atoms with Gasteiger partial charge in [0.2, 0.25) is 0 Å². The zero-order valence-electron chi connectivity index (χ0n) is 11.3. The van der Waals surface area contributed by atoms with E-state index in [2.05, 4.69) is 0 Å². The van der Waals surface area contributed by atoms with Gasteiger partial charge in [0.25, 0.3) is 0 Å². The molecule has 2 rings (SSSR count). The van der Waals surface area contributed by atoms with Gasteiger partial charge in [-0.05, 0) is 12.1 Å². The normalized spacial score (nSPS) is 20.9. The summed E-state index contributed by atoms with van der Waals surface area (Å²) >= 11 is 5.74. The Hall–Kier alpha value is -1.58. The van der Waals surface area contributed by atoms with Crippen molar-refractivity contribution < 1.29 is 14.3 Å². The summed E-state index contributed by atoms with van der Waals surface area (Å²) in [5, 5.41) is 0. The van der Waals surface area contributed by atoms with Crippen molar-refractivity contribution in [2.45, 2.75) is 12.0 Å². The van der Waals surface area contributed by atoms with Gasteiger partial charge < -0.3 is 9.47 Å². The highest BCUT2D eigenvalue weighted by Crippen LogP contribution is 2.36. The number of alkyl halides is 1. The lowest BCUT2D eigenvalue weighted by Crippen LogP contribution is -2.31. The minimum atomic E-state index is -0.658. The summed E-state index contributed by atoms with van der Waals surface area (Å²) < 4.78 is 10.8. The molecule has 20 heavy (non-hydrogen) atoms. The molecular formula is C16H17ClO3. The SMILES string of the molecule is COC(=O)c1ccccc1C1(OCCCl)C=CC=CC1. The number of rotatable bonds is 5. The van der Waals surface area contributed by atoms with Gasteiger partial charge in [-0.15, -0.1) is 11.6 Å². The highest BCUT2D eigenvalue weighted by atomic mass is 35.5. The first-order chi connectivity index (χ1) is 9.73. The van der Waals surface area contributed by atoms with Crippen LogP contribution in [-0.2, 0) is 15.1 Å². The fourth-order valence-electron chi connectivity index (χ4n) is 2.35. The summed E-state index contributed by atoms with van der Waals surface area (Å²) in [4.78, 5) is 11.9. The summed E-state index contributed by atoms with van der Waals surface area (Å²) in [6.45, 7) is 0.412. The van der Waals surface area contributed by atoms with Gasteiger partial charge in [0.15, 0.2) is 0 Å². The molecule has 0 saturated carbocycles. The first kappa shape index (κ1) is 14.8. The van der Waals surface area contributed by atoms with Crippen LogP contribution >= 0.6 is 11.6 Å². The van der Waals surface area contributed by atoms with Crippen LogP contribution in [0, 0.1) is 0 Å². The van der Waals surface area contributed by atoms with Gasteiger partial charge in [-0.2, -0.15) is 0 Å². The Labute approximate surface area is 123 Å². The zero-order valence-corrected chi connectivity index (χ0v) is 12.1. The molecule has 0 spiro atoms. The predicted molar refractivity (Wildman–Crippen MR) is 79.0 cm³/mol. The summed E-state index contributed by atoms with van der Waals surface area (Å²) in [5.74, 6) is 0.0390. The van der Waals surface area contributed by atoms with Crippen LogP contribution in [0.4, 0.5) is 0 Å². The van der Waals surface area contributed by atoms with Crippen molar-refractivity contribution in [3.8, 4) is 0 Å². The van der Waals surface area contributed by atoms with Crippen LogP contribution in [0.2, 0.25) is 0 Å². The smallest absolute Gasteiger partial charge is 0.338 e. The molecule has 0 aliphatic heterocycles. The Balaban J connectivity index is 2.46. The standard InChI is InChI=1S/C16H17ClO3/c1-19-15(18)13-7-3-4-8-14(13)16(20-12-11-17)9-5-2-6-10-16/h2-9H,10-12H2,1H3. The monoisotopic (exact) mass is 292 g/mol.